The fourth-order valence-electron chi connectivity index (χ4n) is 4.87. The number of allylic oxidation sites excluding steroid dienone is 2. The zero-order chi connectivity index (χ0) is 23.5. The van der Waals surface area contributed by atoms with Gasteiger partial charge in [0.15, 0.2) is 0 Å². The first kappa shape index (κ1) is 23.0. The third-order valence-corrected chi connectivity index (χ3v) is 6.80. The summed E-state index contributed by atoms with van der Waals surface area (Å²) < 4.78 is 13.8. The molecule has 1 aromatic heterocycles. The van der Waals surface area contributed by atoms with Crippen LogP contribution >= 0.6 is 11.6 Å². The van der Waals surface area contributed by atoms with E-state index in [-0.39, 0.29) is 0 Å². The predicted octanol–water partition coefficient (Wildman–Crippen LogP) is 4.93. The van der Waals surface area contributed by atoms with Gasteiger partial charge in [0, 0.05) is 43.8 Å². The molecule has 5 rings (SSSR count). The Labute approximate surface area is 206 Å². The number of fused-ring (bicyclic) bond motifs is 2. The Hall–Kier alpha value is -2.80. The van der Waals surface area contributed by atoms with E-state index >= 15 is 0 Å². The molecule has 0 spiro atoms. The molecular weight excluding hydrogens is 448 g/mol. The summed E-state index contributed by atoms with van der Waals surface area (Å²) in [6.07, 6.45) is 6.33. The van der Waals surface area contributed by atoms with Gasteiger partial charge < -0.3 is 19.0 Å². The van der Waals surface area contributed by atoms with Crippen LogP contribution in [-0.4, -0.2) is 50.8 Å². The van der Waals surface area contributed by atoms with Gasteiger partial charge in [-0.05, 0) is 50.3 Å². The molecule has 178 valence electrons. The fourth-order valence-corrected chi connectivity index (χ4v) is 5.03. The predicted molar refractivity (Wildman–Crippen MR) is 138 cm³/mol. The van der Waals surface area contributed by atoms with Crippen molar-refractivity contribution in [2.75, 3.05) is 55.7 Å². The molecule has 34 heavy (non-hydrogen) atoms. The van der Waals surface area contributed by atoms with Gasteiger partial charge in [0.25, 0.3) is 5.52 Å². The molecule has 1 saturated heterocycles. The number of morpholine rings is 1. The van der Waals surface area contributed by atoms with Crippen molar-refractivity contribution in [1.82, 2.24) is 4.90 Å². The SMILES string of the molecule is CCN1/C(=C\C=C\c2oc3ccccc3[n+]2CC)N(CCN2CCOCC2)c2cc(Cl)ccc21. The van der Waals surface area contributed by atoms with Crippen LogP contribution < -0.4 is 14.4 Å². The number of hydrogen-bond acceptors (Lipinski definition) is 5. The Kier molecular flexibility index (Phi) is 6.90. The first-order valence-electron chi connectivity index (χ1n) is 12.1. The van der Waals surface area contributed by atoms with Crippen molar-refractivity contribution in [3.8, 4) is 0 Å². The zero-order valence-electron chi connectivity index (χ0n) is 19.9. The second-order valence-electron chi connectivity index (χ2n) is 8.52. The maximum Gasteiger partial charge on any atom is 0.374 e. The number of aromatic nitrogens is 1. The molecule has 0 amide bonds. The zero-order valence-corrected chi connectivity index (χ0v) is 20.7. The van der Waals surface area contributed by atoms with Crippen LogP contribution in [0.5, 0.6) is 0 Å². The summed E-state index contributed by atoms with van der Waals surface area (Å²) in [6.45, 7) is 11.5. The largest absolute Gasteiger partial charge is 0.398 e. The number of halogens is 1. The number of aryl methyl sites for hydroxylation is 1. The summed E-state index contributed by atoms with van der Waals surface area (Å²) in [6, 6.07) is 14.3. The van der Waals surface area contributed by atoms with Crippen molar-refractivity contribution >= 4 is 40.2 Å². The molecule has 0 saturated carbocycles. The van der Waals surface area contributed by atoms with E-state index in [1.165, 1.54) is 5.69 Å². The molecule has 0 bridgehead atoms. The highest BCUT2D eigenvalue weighted by atomic mass is 35.5. The molecule has 6 nitrogen and oxygen atoms in total. The maximum atomic E-state index is 6.41. The van der Waals surface area contributed by atoms with Crippen LogP contribution in [0.1, 0.15) is 19.7 Å². The van der Waals surface area contributed by atoms with Gasteiger partial charge in [-0.15, -0.1) is 0 Å². The Morgan fingerprint density at radius 3 is 2.62 bits per heavy atom. The van der Waals surface area contributed by atoms with E-state index in [0.29, 0.717) is 0 Å². The molecule has 3 aromatic rings. The average molecular weight is 480 g/mol. The molecule has 0 radical (unpaired) electrons. The maximum absolute atomic E-state index is 6.41. The molecule has 0 N–H and O–H groups in total. The standard InChI is InChI=1S/C27H32ClN4O2/c1-3-30-22-13-12-21(28)20-24(22)32(15-14-29-16-18-33-19-17-29)26(30)10-7-11-27-31(4-2)23-8-5-6-9-25(23)34-27/h5-13,20H,3-4,14-19H2,1-2H3/q+1. The van der Waals surface area contributed by atoms with Crippen LogP contribution in [0.25, 0.3) is 17.2 Å². The fraction of sp³-hybridized carbons (Fsp3) is 0.370. The van der Waals surface area contributed by atoms with Gasteiger partial charge >= 0.3 is 5.89 Å². The van der Waals surface area contributed by atoms with Crippen LogP contribution in [0.4, 0.5) is 11.4 Å². The summed E-state index contributed by atoms with van der Waals surface area (Å²) in [7, 11) is 0. The number of ether oxygens (including phenoxy) is 1. The molecule has 0 unspecified atom stereocenters. The molecule has 3 heterocycles. The summed E-state index contributed by atoms with van der Waals surface area (Å²) in [5.74, 6) is 2.01. The van der Waals surface area contributed by atoms with E-state index in [2.05, 4.69) is 69.5 Å². The van der Waals surface area contributed by atoms with Gasteiger partial charge in [-0.25, -0.2) is 0 Å². The Morgan fingerprint density at radius 1 is 1.00 bits per heavy atom. The second kappa shape index (κ2) is 10.2. The van der Waals surface area contributed by atoms with Gasteiger partial charge in [0.2, 0.25) is 5.58 Å². The van der Waals surface area contributed by atoms with Crippen LogP contribution in [0.3, 0.4) is 0 Å². The molecular formula is C27H32ClN4O2+. The summed E-state index contributed by atoms with van der Waals surface area (Å²) in [5, 5.41) is 0.759. The molecule has 2 aromatic carbocycles. The molecule has 1 fully saturated rings. The Morgan fingerprint density at radius 2 is 1.82 bits per heavy atom. The molecule has 2 aliphatic rings. The van der Waals surface area contributed by atoms with Crippen LogP contribution in [-0.2, 0) is 11.3 Å². The van der Waals surface area contributed by atoms with Gasteiger partial charge in [0.1, 0.15) is 12.4 Å². The lowest BCUT2D eigenvalue weighted by Gasteiger charge is -2.30. The first-order valence-corrected chi connectivity index (χ1v) is 12.5. The van der Waals surface area contributed by atoms with Crippen molar-refractivity contribution in [3.05, 3.63) is 71.4 Å². The summed E-state index contributed by atoms with van der Waals surface area (Å²) >= 11 is 6.41. The first-order chi connectivity index (χ1) is 16.7. The highest BCUT2D eigenvalue weighted by Gasteiger charge is 2.30. The van der Waals surface area contributed by atoms with Crippen molar-refractivity contribution < 1.29 is 13.7 Å². The minimum Gasteiger partial charge on any atom is -0.398 e. The van der Waals surface area contributed by atoms with E-state index in [1.54, 1.807) is 0 Å². The normalized spacial score (nSPS) is 18.0. The lowest BCUT2D eigenvalue weighted by Crippen LogP contribution is -2.41. The van der Waals surface area contributed by atoms with E-state index in [4.69, 9.17) is 20.8 Å². The second-order valence-corrected chi connectivity index (χ2v) is 8.96. The average Bonchev–Trinajstić information content (AvgIpc) is 3.37. The van der Waals surface area contributed by atoms with Crippen molar-refractivity contribution in [1.29, 1.82) is 0 Å². The molecule has 0 aliphatic carbocycles. The number of anilines is 2. The third kappa shape index (κ3) is 4.45. The third-order valence-electron chi connectivity index (χ3n) is 6.57. The number of nitrogens with zero attached hydrogens (tertiary/aromatic N) is 4. The Balaban J connectivity index is 1.46. The molecule has 0 atom stereocenters. The number of hydrogen-bond donors (Lipinski definition) is 0. The van der Waals surface area contributed by atoms with Gasteiger partial charge in [-0.3, -0.25) is 4.90 Å². The van der Waals surface area contributed by atoms with E-state index in [9.17, 15) is 0 Å². The van der Waals surface area contributed by atoms with Gasteiger partial charge in [-0.1, -0.05) is 23.7 Å². The summed E-state index contributed by atoms with van der Waals surface area (Å²) in [5.41, 5.74) is 4.37. The number of oxazole rings is 1. The molecule has 2 aliphatic heterocycles. The van der Waals surface area contributed by atoms with Gasteiger partial charge in [-0.2, -0.15) is 4.57 Å². The minimum absolute atomic E-state index is 0.759. The minimum atomic E-state index is 0.759. The lowest BCUT2D eigenvalue weighted by molar-refractivity contribution is -0.674. The van der Waals surface area contributed by atoms with Gasteiger partial charge in [0.05, 0.1) is 30.7 Å². The topological polar surface area (TPSA) is 36.0 Å². The highest BCUT2D eigenvalue weighted by Crippen LogP contribution is 2.42. The smallest absolute Gasteiger partial charge is 0.374 e. The van der Waals surface area contributed by atoms with Crippen LogP contribution in [0.2, 0.25) is 5.02 Å². The van der Waals surface area contributed by atoms with Crippen molar-refractivity contribution in [2.24, 2.45) is 0 Å². The van der Waals surface area contributed by atoms with E-state index in [0.717, 1.165) is 86.0 Å². The van der Waals surface area contributed by atoms with Crippen molar-refractivity contribution in [3.63, 3.8) is 0 Å². The quantitative estimate of drug-likeness (QED) is 0.449. The monoisotopic (exact) mass is 479 g/mol. The number of rotatable bonds is 7. The highest BCUT2D eigenvalue weighted by molar-refractivity contribution is 6.31. The number of benzene rings is 2. The van der Waals surface area contributed by atoms with Crippen LogP contribution in [0.15, 0.2) is 64.9 Å². The van der Waals surface area contributed by atoms with Crippen LogP contribution in [0, 0.1) is 0 Å². The van der Waals surface area contributed by atoms with E-state index < -0.39 is 0 Å². The van der Waals surface area contributed by atoms with E-state index in [1.807, 2.05) is 24.3 Å². The summed E-state index contributed by atoms with van der Waals surface area (Å²) in [4.78, 5) is 7.20. The molecule has 7 heteroatoms. The van der Waals surface area contributed by atoms with Crippen molar-refractivity contribution in [2.45, 2.75) is 20.4 Å². The number of para-hydroxylation sites is 2. The Bertz CT molecular complexity index is 1210. The lowest BCUT2D eigenvalue weighted by atomic mass is 10.2.